The van der Waals surface area contributed by atoms with E-state index in [1.54, 1.807) is 0 Å². The van der Waals surface area contributed by atoms with Gasteiger partial charge in [0.2, 0.25) is 5.91 Å². The molecule has 5 nitrogen and oxygen atoms in total. The van der Waals surface area contributed by atoms with Crippen LogP contribution in [0.5, 0.6) is 0 Å². The second-order valence-electron chi connectivity index (χ2n) is 3.98. The third kappa shape index (κ3) is 3.11. The molecule has 1 aromatic heterocycles. The molecular weight excluding hydrogens is 277 g/mol. The number of hydrogen-bond donors (Lipinski definition) is 2. The first kappa shape index (κ1) is 13.1. The summed E-state index contributed by atoms with van der Waals surface area (Å²) in [5.41, 5.74) is 0.0912. The molecule has 2 rings (SSSR count). The molecule has 18 heavy (non-hydrogen) atoms. The van der Waals surface area contributed by atoms with Crippen LogP contribution in [-0.2, 0) is 4.79 Å². The van der Waals surface area contributed by atoms with Gasteiger partial charge < -0.3 is 10.6 Å². The molecule has 0 bridgehead atoms. The van der Waals surface area contributed by atoms with Crippen LogP contribution >= 0.6 is 23.2 Å². The van der Waals surface area contributed by atoms with Crippen LogP contribution in [0.3, 0.4) is 0 Å². The molecule has 1 aliphatic rings. The Kier molecular flexibility index (Phi) is 4.04. The molecule has 0 aliphatic carbocycles. The highest BCUT2D eigenvalue weighted by molar-refractivity contribution is 6.34. The van der Waals surface area contributed by atoms with Crippen molar-refractivity contribution in [2.45, 2.75) is 18.9 Å². The predicted molar refractivity (Wildman–Crippen MR) is 67.8 cm³/mol. The summed E-state index contributed by atoms with van der Waals surface area (Å²) in [5, 5.41) is 5.87. The molecule has 7 heteroatoms. The van der Waals surface area contributed by atoms with E-state index >= 15 is 0 Å². The molecule has 1 atom stereocenters. The van der Waals surface area contributed by atoms with E-state index in [1.165, 1.54) is 12.1 Å². The Hall–Kier alpha value is -1.33. The third-order valence-electron chi connectivity index (χ3n) is 2.62. The molecular formula is C11H11Cl2N3O2. The Morgan fingerprint density at radius 2 is 2.28 bits per heavy atom. The standard InChI is InChI=1S/C11H11Cl2N3O2/c12-7-2-3-8(13)16-10(7)11(18)14-5-6-1-4-9(17)15-6/h2-3,6H,1,4-5H2,(H,14,18)(H,15,17). The fourth-order valence-electron chi connectivity index (χ4n) is 1.71. The maximum atomic E-state index is 11.8. The lowest BCUT2D eigenvalue weighted by Gasteiger charge is -2.11. The minimum atomic E-state index is -0.399. The molecule has 1 aliphatic heterocycles. The molecule has 2 amide bonds. The van der Waals surface area contributed by atoms with Crippen LogP contribution < -0.4 is 10.6 Å². The number of rotatable bonds is 3. The van der Waals surface area contributed by atoms with Gasteiger partial charge in [0, 0.05) is 19.0 Å². The first-order valence-electron chi connectivity index (χ1n) is 5.46. The summed E-state index contributed by atoms with van der Waals surface area (Å²) < 4.78 is 0. The average molecular weight is 288 g/mol. The van der Waals surface area contributed by atoms with Crippen molar-refractivity contribution in [3.8, 4) is 0 Å². The van der Waals surface area contributed by atoms with Gasteiger partial charge in [-0.3, -0.25) is 9.59 Å². The van der Waals surface area contributed by atoms with E-state index in [9.17, 15) is 9.59 Å². The minimum absolute atomic E-state index is 0.00756. The number of amides is 2. The summed E-state index contributed by atoms with van der Waals surface area (Å²) in [5.74, 6) is -0.392. The lowest BCUT2D eigenvalue weighted by Crippen LogP contribution is -2.38. The first-order valence-corrected chi connectivity index (χ1v) is 6.21. The van der Waals surface area contributed by atoms with Crippen LogP contribution in [0.4, 0.5) is 0 Å². The topological polar surface area (TPSA) is 71.1 Å². The quantitative estimate of drug-likeness (QED) is 0.826. The minimum Gasteiger partial charge on any atom is -0.352 e. The zero-order valence-electron chi connectivity index (χ0n) is 9.37. The molecule has 96 valence electrons. The zero-order valence-corrected chi connectivity index (χ0v) is 10.9. The second kappa shape index (κ2) is 5.54. The number of aromatic nitrogens is 1. The maximum Gasteiger partial charge on any atom is 0.271 e. The number of halogens is 2. The van der Waals surface area contributed by atoms with Gasteiger partial charge >= 0.3 is 0 Å². The van der Waals surface area contributed by atoms with Crippen molar-refractivity contribution >= 4 is 35.0 Å². The number of carbonyl (C=O) groups excluding carboxylic acids is 2. The number of nitrogens with one attached hydrogen (secondary N) is 2. The van der Waals surface area contributed by atoms with Gasteiger partial charge in [-0.25, -0.2) is 4.98 Å². The molecule has 1 fully saturated rings. The summed E-state index contributed by atoms with van der Waals surface area (Å²) in [4.78, 5) is 26.7. The number of nitrogens with zero attached hydrogens (tertiary/aromatic N) is 1. The molecule has 1 saturated heterocycles. The Bertz CT molecular complexity index is 493. The summed E-state index contributed by atoms with van der Waals surface area (Å²) in [7, 11) is 0. The number of carbonyl (C=O) groups is 2. The molecule has 0 saturated carbocycles. The third-order valence-corrected chi connectivity index (χ3v) is 3.14. The van der Waals surface area contributed by atoms with Crippen LogP contribution in [0.2, 0.25) is 10.2 Å². The first-order chi connectivity index (χ1) is 8.56. The van der Waals surface area contributed by atoms with E-state index in [0.29, 0.717) is 13.0 Å². The van der Waals surface area contributed by atoms with Crippen molar-refractivity contribution in [3.05, 3.63) is 28.0 Å². The van der Waals surface area contributed by atoms with E-state index in [4.69, 9.17) is 23.2 Å². The lowest BCUT2D eigenvalue weighted by atomic mass is 10.2. The van der Waals surface area contributed by atoms with E-state index in [0.717, 1.165) is 6.42 Å². The van der Waals surface area contributed by atoms with Crippen molar-refractivity contribution < 1.29 is 9.59 Å². The normalized spacial score (nSPS) is 18.6. The summed E-state index contributed by atoms with van der Waals surface area (Å²) >= 11 is 11.6. The predicted octanol–water partition coefficient (Wildman–Crippen LogP) is 1.40. The molecule has 0 radical (unpaired) electrons. The summed E-state index contributed by atoms with van der Waals surface area (Å²) in [6.45, 7) is 0.356. The largest absolute Gasteiger partial charge is 0.352 e. The van der Waals surface area contributed by atoms with Gasteiger partial charge in [0.05, 0.1) is 5.02 Å². The van der Waals surface area contributed by atoms with Crippen molar-refractivity contribution in [1.29, 1.82) is 0 Å². The maximum absolute atomic E-state index is 11.8. The molecule has 1 aromatic rings. The van der Waals surface area contributed by atoms with Gasteiger partial charge in [-0.15, -0.1) is 0 Å². The van der Waals surface area contributed by atoms with Crippen molar-refractivity contribution in [1.82, 2.24) is 15.6 Å². The van der Waals surface area contributed by atoms with Gasteiger partial charge in [0.25, 0.3) is 5.91 Å². The van der Waals surface area contributed by atoms with Gasteiger partial charge in [-0.2, -0.15) is 0 Å². The van der Waals surface area contributed by atoms with E-state index in [-0.39, 0.29) is 27.8 Å². The van der Waals surface area contributed by atoms with Crippen LogP contribution in [0.1, 0.15) is 23.3 Å². The average Bonchev–Trinajstić information content (AvgIpc) is 2.75. The Labute approximate surface area is 114 Å². The van der Waals surface area contributed by atoms with Gasteiger partial charge in [0.15, 0.2) is 0 Å². The monoisotopic (exact) mass is 287 g/mol. The van der Waals surface area contributed by atoms with E-state index in [1.807, 2.05) is 0 Å². The van der Waals surface area contributed by atoms with Crippen molar-refractivity contribution in [3.63, 3.8) is 0 Å². The smallest absolute Gasteiger partial charge is 0.271 e. The highest BCUT2D eigenvalue weighted by Crippen LogP contribution is 2.16. The second-order valence-corrected chi connectivity index (χ2v) is 4.77. The fraction of sp³-hybridized carbons (Fsp3) is 0.364. The highest BCUT2D eigenvalue weighted by Gasteiger charge is 2.22. The van der Waals surface area contributed by atoms with Gasteiger partial charge in [0.1, 0.15) is 10.8 Å². The number of hydrogen-bond acceptors (Lipinski definition) is 3. The van der Waals surface area contributed by atoms with Gasteiger partial charge in [-0.05, 0) is 18.6 Å². The Balaban J connectivity index is 1.95. The van der Waals surface area contributed by atoms with Crippen LogP contribution in [-0.4, -0.2) is 29.4 Å². The van der Waals surface area contributed by atoms with Crippen LogP contribution in [0.15, 0.2) is 12.1 Å². The highest BCUT2D eigenvalue weighted by atomic mass is 35.5. The molecule has 2 N–H and O–H groups in total. The number of pyridine rings is 1. The van der Waals surface area contributed by atoms with Crippen molar-refractivity contribution in [2.24, 2.45) is 0 Å². The fourth-order valence-corrected chi connectivity index (χ4v) is 2.05. The van der Waals surface area contributed by atoms with E-state index < -0.39 is 5.91 Å². The Morgan fingerprint density at radius 3 is 2.94 bits per heavy atom. The molecule has 2 heterocycles. The van der Waals surface area contributed by atoms with Crippen molar-refractivity contribution in [2.75, 3.05) is 6.54 Å². The zero-order chi connectivity index (χ0) is 13.1. The van der Waals surface area contributed by atoms with E-state index in [2.05, 4.69) is 15.6 Å². The van der Waals surface area contributed by atoms with Crippen LogP contribution in [0.25, 0.3) is 0 Å². The van der Waals surface area contributed by atoms with Gasteiger partial charge in [-0.1, -0.05) is 23.2 Å². The molecule has 0 spiro atoms. The lowest BCUT2D eigenvalue weighted by molar-refractivity contribution is -0.119. The SMILES string of the molecule is O=C1CCC(CNC(=O)c2nc(Cl)ccc2Cl)N1. The molecule has 1 unspecified atom stereocenters. The molecule has 0 aromatic carbocycles. The summed E-state index contributed by atoms with van der Waals surface area (Å²) in [6.07, 6.45) is 1.21. The Morgan fingerprint density at radius 1 is 1.50 bits per heavy atom. The van der Waals surface area contributed by atoms with Crippen LogP contribution in [0, 0.1) is 0 Å². The summed E-state index contributed by atoms with van der Waals surface area (Å²) in [6, 6.07) is 3.00.